The minimum atomic E-state index is -0.0559. The third-order valence-electron chi connectivity index (χ3n) is 3.53. The maximum absolute atomic E-state index is 12.2. The molecule has 0 aromatic carbocycles. The molecule has 1 fully saturated rings. The van der Waals surface area contributed by atoms with Gasteiger partial charge in [-0.2, -0.15) is 5.10 Å². The molecule has 1 saturated heterocycles. The first kappa shape index (κ1) is 15.8. The molecular formula is C14H25N5O2. The highest BCUT2D eigenvalue weighted by molar-refractivity contribution is 5.74. The van der Waals surface area contributed by atoms with Crippen LogP contribution in [-0.4, -0.2) is 71.5 Å². The molecular weight excluding hydrogens is 270 g/mol. The van der Waals surface area contributed by atoms with E-state index >= 15 is 0 Å². The summed E-state index contributed by atoms with van der Waals surface area (Å²) in [5.41, 5.74) is 1.02. The largest absolute Gasteiger partial charge is 0.379 e. The van der Waals surface area contributed by atoms with Gasteiger partial charge in [0.15, 0.2) is 0 Å². The fourth-order valence-corrected chi connectivity index (χ4v) is 2.44. The summed E-state index contributed by atoms with van der Waals surface area (Å²) in [6, 6.07) is 0.0616. The molecule has 2 rings (SSSR count). The molecule has 118 valence electrons. The monoisotopic (exact) mass is 295 g/mol. The molecule has 7 nitrogen and oxygen atoms in total. The van der Waals surface area contributed by atoms with Gasteiger partial charge in [0.1, 0.15) is 0 Å². The number of urea groups is 1. The van der Waals surface area contributed by atoms with E-state index in [-0.39, 0.29) is 12.1 Å². The molecule has 0 spiro atoms. The van der Waals surface area contributed by atoms with Crippen LogP contribution in [0.2, 0.25) is 0 Å². The normalized spacial score (nSPS) is 17.5. The number of hydrogen-bond acceptors (Lipinski definition) is 4. The van der Waals surface area contributed by atoms with E-state index in [1.165, 1.54) is 0 Å². The number of ether oxygens (including phenoxy) is 1. The highest BCUT2D eigenvalue weighted by atomic mass is 16.5. The van der Waals surface area contributed by atoms with Gasteiger partial charge < -0.3 is 15.0 Å². The van der Waals surface area contributed by atoms with E-state index in [1.54, 1.807) is 22.8 Å². The zero-order chi connectivity index (χ0) is 15.2. The number of amides is 2. The van der Waals surface area contributed by atoms with Crippen molar-refractivity contribution in [3.8, 4) is 0 Å². The Bertz CT molecular complexity index is 456. The van der Waals surface area contributed by atoms with Gasteiger partial charge in [0.25, 0.3) is 0 Å². The second kappa shape index (κ2) is 7.42. The van der Waals surface area contributed by atoms with E-state index in [1.807, 2.05) is 20.2 Å². The number of carbonyl (C=O) groups is 1. The molecule has 1 aromatic rings. The lowest BCUT2D eigenvalue weighted by Gasteiger charge is -2.30. The lowest BCUT2D eigenvalue weighted by Crippen LogP contribution is -2.48. The van der Waals surface area contributed by atoms with Crippen LogP contribution in [0.1, 0.15) is 12.5 Å². The molecule has 1 atom stereocenters. The van der Waals surface area contributed by atoms with Gasteiger partial charge in [-0.1, -0.05) is 0 Å². The zero-order valence-electron chi connectivity index (χ0n) is 13.1. The summed E-state index contributed by atoms with van der Waals surface area (Å²) in [5.74, 6) is 0. The summed E-state index contributed by atoms with van der Waals surface area (Å²) >= 11 is 0. The summed E-state index contributed by atoms with van der Waals surface area (Å²) in [6.07, 6.45) is 3.70. The van der Waals surface area contributed by atoms with E-state index in [0.29, 0.717) is 6.54 Å². The summed E-state index contributed by atoms with van der Waals surface area (Å²) in [5, 5.41) is 7.14. The Morgan fingerprint density at radius 2 is 2.24 bits per heavy atom. The van der Waals surface area contributed by atoms with Crippen LogP contribution >= 0.6 is 0 Å². The maximum atomic E-state index is 12.2. The van der Waals surface area contributed by atoms with E-state index in [9.17, 15) is 4.79 Å². The quantitative estimate of drug-likeness (QED) is 0.848. The average Bonchev–Trinajstić information content (AvgIpc) is 2.85. The summed E-state index contributed by atoms with van der Waals surface area (Å²) in [4.78, 5) is 16.1. The summed E-state index contributed by atoms with van der Waals surface area (Å²) < 4.78 is 7.06. The Hall–Kier alpha value is -1.60. The summed E-state index contributed by atoms with van der Waals surface area (Å²) in [6.45, 7) is 6.88. The molecule has 21 heavy (non-hydrogen) atoms. The molecule has 0 radical (unpaired) electrons. The van der Waals surface area contributed by atoms with Crippen molar-refractivity contribution < 1.29 is 9.53 Å². The number of aromatic nitrogens is 2. The lowest BCUT2D eigenvalue weighted by molar-refractivity contribution is 0.0347. The third-order valence-corrected chi connectivity index (χ3v) is 3.53. The minimum Gasteiger partial charge on any atom is -0.379 e. The molecule has 1 aliphatic rings. The first-order chi connectivity index (χ1) is 10.0. The predicted molar refractivity (Wildman–Crippen MR) is 79.9 cm³/mol. The minimum absolute atomic E-state index is 0.0559. The Kier molecular flexibility index (Phi) is 5.58. The Morgan fingerprint density at radius 1 is 1.52 bits per heavy atom. The van der Waals surface area contributed by atoms with Gasteiger partial charge in [0.05, 0.1) is 26.0 Å². The van der Waals surface area contributed by atoms with Gasteiger partial charge in [-0.25, -0.2) is 4.79 Å². The molecule has 0 aliphatic carbocycles. The number of carbonyl (C=O) groups excluding carboxylic acids is 1. The van der Waals surface area contributed by atoms with E-state index in [4.69, 9.17) is 4.74 Å². The fourth-order valence-electron chi connectivity index (χ4n) is 2.44. The molecule has 1 N–H and O–H groups in total. The molecule has 2 heterocycles. The van der Waals surface area contributed by atoms with E-state index in [2.05, 4.69) is 15.3 Å². The van der Waals surface area contributed by atoms with Crippen LogP contribution in [0.3, 0.4) is 0 Å². The highest BCUT2D eigenvalue weighted by Gasteiger charge is 2.17. The van der Waals surface area contributed by atoms with Gasteiger partial charge in [-0.15, -0.1) is 0 Å². The molecule has 0 saturated carbocycles. The van der Waals surface area contributed by atoms with Gasteiger partial charge >= 0.3 is 6.03 Å². The van der Waals surface area contributed by atoms with Gasteiger partial charge in [0.2, 0.25) is 0 Å². The molecule has 2 amide bonds. The number of aryl methyl sites for hydroxylation is 1. The zero-order valence-corrected chi connectivity index (χ0v) is 13.1. The van der Waals surface area contributed by atoms with Crippen molar-refractivity contribution in [2.24, 2.45) is 7.05 Å². The van der Waals surface area contributed by atoms with E-state index in [0.717, 1.165) is 38.4 Å². The van der Waals surface area contributed by atoms with E-state index < -0.39 is 0 Å². The first-order valence-corrected chi connectivity index (χ1v) is 7.34. The Balaban J connectivity index is 1.74. The topological polar surface area (TPSA) is 62.6 Å². The standard InChI is InChI=1S/C14H25N5O2/c1-12(9-19-4-6-21-7-5-19)16-14(20)17(2)10-13-8-15-18(3)11-13/h8,11-12H,4-7,9-10H2,1-3H3,(H,16,20)/t12-/m0/s1. The average molecular weight is 295 g/mol. The second-order valence-electron chi connectivity index (χ2n) is 5.64. The highest BCUT2D eigenvalue weighted by Crippen LogP contribution is 2.03. The molecule has 7 heteroatoms. The van der Waals surface area contributed by atoms with Crippen LogP contribution in [0.15, 0.2) is 12.4 Å². The molecule has 1 aromatic heterocycles. The van der Waals surface area contributed by atoms with Crippen LogP contribution < -0.4 is 5.32 Å². The maximum Gasteiger partial charge on any atom is 0.317 e. The molecule has 1 aliphatic heterocycles. The van der Waals surface area contributed by atoms with Gasteiger partial charge in [0, 0.05) is 51.5 Å². The van der Waals surface area contributed by atoms with Gasteiger partial charge in [-0.05, 0) is 6.92 Å². The van der Waals surface area contributed by atoms with Crippen molar-refractivity contribution in [2.45, 2.75) is 19.5 Å². The Morgan fingerprint density at radius 3 is 2.86 bits per heavy atom. The van der Waals surface area contributed by atoms with Crippen molar-refractivity contribution in [3.05, 3.63) is 18.0 Å². The van der Waals surface area contributed by atoms with Crippen molar-refractivity contribution >= 4 is 6.03 Å². The van der Waals surface area contributed by atoms with Crippen LogP contribution in [-0.2, 0) is 18.3 Å². The first-order valence-electron chi connectivity index (χ1n) is 7.34. The predicted octanol–water partition coefficient (Wildman–Crippen LogP) is 0.282. The number of nitrogens with one attached hydrogen (secondary N) is 1. The van der Waals surface area contributed by atoms with Crippen LogP contribution in [0.25, 0.3) is 0 Å². The number of hydrogen-bond donors (Lipinski definition) is 1. The number of morpholine rings is 1. The van der Waals surface area contributed by atoms with Crippen molar-refractivity contribution in [1.82, 2.24) is 24.9 Å². The number of rotatable bonds is 5. The Labute approximate surface area is 125 Å². The SMILES string of the molecule is C[C@@H](CN1CCOCC1)NC(=O)N(C)Cc1cnn(C)c1. The fraction of sp³-hybridized carbons (Fsp3) is 0.714. The number of nitrogens with zero attached hydrogens (tertiary/aromatic N) is 4. The van der Waals surface area contributed by atoms with Crippen molar-refractivity contribution in [3.63, 3.8) is 0 Å². The van der Waals surface area contributed by atoms with Crippen LogP contribution in [0.4, 0.5) is 4.79 Å². The smallest absolute Gasteiger partial charge is 0.317 e. The summed E-state index contributed by atoms with van der Waals surface area (Å²) in [7, 11) is 3.66. The molecule has 0 bridgehead atoms. The lowest BCUT2D eigenvalue weighted by atomic mass is 10.3. The van der Waals surface area contributed by atoms with Crippen LogP contribution in [0, 0.1) is 0 Å². The van der Waals surface area contributed by atoms with Crippen LogP contribution in [0.5, 0.6) is 0 Å². The molecule has 0 unspecified atom stereocenters. The second-order valence-corrected chi connectivity index (χ2v) is 5.64. The van der Waals surface area contributed by atoms with Crippen molar-refractivity contribution in [2.75, 3.05) is 39.9 Å². The van der Waals surface area contributed by atoms with Crippen molar-refractivity contribution in [1.29, 1.82) is 0 Å². The van der Waals surface area contributed by atoms with Gasteiger partial charge in [-0.3, -0.25) is 9.58 Å². The third kappa shape index (κ3) is 5.02.